The Kier molecular flexibility index (Phi) is 6.72. The van der Waals surface area contributed by atoms with Gasteiger partial charge in [-0.25, -0.2) is 0 Å². The van der Waals surface area contributed by atoms with Gasteiger partial charge in [0.25, 0.3) is 0 Å². The van der Waals surface area contributed by atoms with E-state index >= 15 is 0 Å². The highest BCUT2D eigenvalue weighted by Gasteiger charge is 2.09. The molecular weight excluding hydrogens is 356 g/mol. The predicted molar refractivity (Wildman–Crippen MR) is 70.6 cm³/mol. The van der Waals surface area contributed by atoms with E-state index < -0.39 is 0 Å². The third kappa shape index (κ3) is 4.75. The number of aldehydes is 1. The molecule has 6 heteroatoms. The Morgan fingerprint density at radius 1 is 1.24 bits per heavy atom. The summed E-state index contributed by atoms with van der Waals surface area (Å²) in [6.07, 6.45) is 0.736. The molecule has 0 bridgehead atoms. The second kappa shape index (κ2) is 7.81. The first-order valence-corrected chi connectivity index (χ1v) is 6.53. The maximum Gasteiger partial charge on any atom is 0.153 e. The Morgan fingerprint density at radius 3 is 2.65 bits per heavy atom. The lowest BCUT2D eigenvalue weighted by molar-refractivity contribution is 0.0701. The normalized spacial score (nSPS) is 10.3. The number of rotatable bonds is 7. The van der Waals surface area contributed by atoms with Crippen molar-refractivity contribution in [3.05, 3.63) is 26.6 Å². The largest absolute Gasteiger partial charge is 0.489 e. The zero-order valence-corrected chi connectivity index (χ0v) is 12.2. The molecule has 1 aromatic carbocycles. The summed E-state index contributed by atoms with van der Waals surface area (Å²) in [6, 6.07) is 3.48. The lowest BCUT2D eigenvalue weighted by Gasteiger charge is -2.11. The van der Waals surface area contributed by atoms with Gasteiger partial charge in [0.15, 0.2) is 6.29 Å². The molecule has 0 aliphatic heterocycles. The number of ether oxygens (including phenoxy) is 2. The van der Waals surface area contributed by atoms with E-state index in [0.29, 0.717) is 29.0 Å². The Bertz CT molecular complexity index is 382. The van der Waals surface area contributed by atoms with Crippen LogP contribution in [-0.4, -0.2) is 37.8 Å². The molecule has 0 unspecified atom stereocenters. The Labute approximate surface area is 116 Å². The van der Waals surface area contributed by atoms with Crippen molar-refractivity contribution in [2.45, 2.75) is 0 Å². The molecule has 0 aliphatic carbocycles. The lowest BCUT2D eigenvalue weighted by Crippen LogP contribution is -2.10. The molecule has 0 amide bonds. The van der Waals surface area contributed by atoms with Crippen LogP contribution in [0.4, 0.5) is 0 Å². The molecule has 0 atom stereocenters. The average Bonchev–Trinajstić information content (AvgIpc) is 2.30. The van der Waals surface area contributed by atoms with E-state index in [1.54, 1.807) is 12.1 Å². The number of carbonyl (C=O) groups is 1. The van der Waals surface area contributed by atoms with Crippen molar-refractivity contribution in [3.63, 3.8) is 0 Å². The van der Waals surface area contributed by atoms with Gasteiger partial charge in [0.1, 0.15) is 12.4 Å². The summed E-state index contributed by atoms with van der Waals surface area (Å²) in [7, 11) is 0. The molecule has 0 fully saturated rings. The van der Waals surface area contributed by atoms with Gasteiger partial charge < -0.3 is 14.6 Å². The molecule has 0 radical (unpaired) electrons. The number of aliphatic hydroxyl groups excluding tert-OH is 1. The van der Waals surface area contributed by atoms with Crippen LogP contribution in [0.15, 0.2) is 21.1 Å². The van der Waals surface area contributed by atoms with E-state index in [-0.39, 0.29) is 13.2 Å². The minimum Gasteiger partial charge on any atom is -0.489 e. The Balaban J connectivity index is 2.60. The molecule has 1 aromatic rings. The highest BCUT2D eigenvalue weighted by atomic mass is 79.9. The Morgan fingerprint density at radius 2 is 2.00 bits per heavy atom. The molecule has 1 N–H and O–H groups in total. The number of hydrogen-bond acceptors (Lipinski definition) is 4. The fourth-order valence-corrected chi connectivity index (χ4v) is 2.56. The van der Waals surface area contributed by atoms with Gasteiger partial charge in [-0.15, -0.1) is 0 Å². The van der Waals surface area contributed by atoms with Crippen LogP contribution in [0.1, 0.15) is 10.4 Å². The molecule has 0 aromatic heterocycles. The fraction of sp³-hybridized carbons (Fsp3) is 0.364. The van der Waals surface area contributed by atoms with Gasteiger partial charge in [0.05, 0.1) is 29.9 Å². The molecule has 4 nitrogen and oxygen atoms in total. The average molecular weight is 368 g/mol. The van der Waals surface area contributed by atoms with Crippen molar-refractivity contribution < 1.29 is 19.4 Å². The molecule has 0 aliphatic rings. The van der Waals surface area contributed by atoms with Gasteiger partial charge in [-0.05, 0) is 28.1 Å². The van der Waals surface area contributed by atoms with Crippen LogP contribution in [0.3, 0.4) is 0 Å². The van der Waals surface area contributed by atoms with Crippen molar-refractivity contribution in [2.75, 3.05) is 26.4 Å². The van der Waals surface area contributed by atoms with Gasteiger partial charge >= 0.3 is 0 Å². The minimum absolute atomic E-state index is 0.0123. The van der Waals surface area contributed by atoms with Gasteiger partial charge in [-0.1, -0.05) is 15.9 Å². The molecule has 0 saturated carbocycles. The summed E-state index contributed by atoms with van der Waals surface area (Å²) < 4.78 is 12.0. The van der Waals surface area contributed by atoms with Gasteiger partial charge in [0, 0.05) is 4.47 Å². The maximum atomic E-state index is 10.9. The third-order valence-corrected chi connectivity index (χ3v) is 2.92. The molecule has 1 rings (SSSR count). The number of benzene rings is 1. The van der Waals surface area contributed by atoms with Crippen LogP contribution in [-0.2, 0) is 4.74 Å². The second-order valence-electron chi connectivity index (χ2n) is 3.11. The van der Waals surface area contributed by atoms with Crippen molar-refractivity contribution in [1.29, 1.82) is 0 Å². The first kappa shape index (κ1) is 14.6. The van der Waals surface area contributed by atoms with E-state index in [0.717, 1.165) is 10.8 Å². The monoisotopic (exact) mass is 366 g/mol. The van der Waals surface area contributed by atoms with Crippen molar-refractivity contribution in [1.82, 2.24) is 0 Å². The topological polar surface area (TPSA) is 55.8 Å². The maximum absolute atomic E-state index is 10.9. The molecule has 0 spiro atoms. The summed E-state index contributed by atoms with van der Waals surface area (Å²) in [5.74, 6) is 0.496. The van der Waals surface area contributed by atoms with Crippen LogP contribution in [0.5, 0.6) is 5.75 Å². The second-order valence-corrected chi connectivity index (χ2v) is 4.88. The standard InChI is InChI=1S/C11H12Br2O4/c12-9-5-8(7-15)11(10(13)6-9)17-4-3-16-2-1-14/h5-7,14H,1-4H2. The molecule has 0 saturated heterocycles. The lowest BCUT2D eigenvalue weighted by atomic mass is 10.2. The van der Waals surface area contributed by atoms with E-state index in [4.69, 9.17) is 14.6 Å². The van der Waals surface area contributed by atoms with E-state index in [9.17, 15) is 4.79 Å². The number of hydrogen-bond donors (Lipinski definition) is 1. The van der Waals surface area contributed by atoms with Gasteiger partial charge in [-0.3, -0.25) is 4.79 Å². The van der Waals surface area contributed by atoms with Crippen molar-refractivity contribution in [3.8, 4) is 5.75 Å². The zero-order valence-electron chi connectivity index (χ0n) is 8.99. The van der Waals surface area contributed by atoms with Gasteiger partial charge in [0.2, 0.25) is 0 Å². The smallest absolute Gasteiger partial charge is 0.153 e. The van der Waals surface area contributed by atoms with Crippen LogP contribution in [0, 0.1) is 0 Å². The van der Waals surface area contributed by atoms with Crippen LogP contribution < -0.4 is 4.74 Å². The number of halogens is 2. The van der Waals surface area contributed by atoms with E-state index in [1.165, 1.54) is 0 Å². The quantitative estimate of drug-likeness (QED) is 0.594. The molecule has 17 heavy (non-hydrogen) atoms. The summed E-state index contributed by atoms with van der Waals surface area (Å²) in [5.41, 5.74) is 0.466. The molecule has 94 valence electrons. The van der Waals surface area contributed by atoms with Crippen LogP contribution >= 0.6 is 31.9 Å². The SMILES string of the molecule is O=Cc1cc(Br)cc(Br)c1OCCOCCO. The van der Waals surface area contributed by atoms with Crippen LogP contribution in [0.25, 0.3) is 0 Å². The van der Waals surface area contributed by atoms with E-state index in [1.807, 2.05) is 0 Å². The summed E-state index contributed by atoms with van der Waals surface area (Å²) in [6.45, 7) is 0.954. The van der Waals surface area contributed by atoms with Crippen LogP contribution in [0.2, 0.25) is 0 Å². The van der Waals surface area contributed by atoms with Crippen molar-refractivity contribution in [2.24, 2.45) is 0 Å². The number of carbonyl (C=O) groups excluding carboxylic acids is 1. The fourth-order valence-electron chi connectivity index (χ4n) is 1.19. The first-order valence-electron chi connectivity index (χ1n) is 4.94. The zero-order chi connectivity index (χ0) is 12.7. The summed E-state index contributed by atoms with van der Waals surface area (Å²) >= 11 is 6.62. The first-order chi connectivity index (χ1) is 8.19. The highest BCUT2D eigenvalue weighted by molar-refractivity contribution is 9.11. The van der Waals surface area contributed by atoms with Crippen molar-refractivity contribution >= 4 is 38.1 Å². The summed E-state index contributed by atoms with van der Waals surface area (Å²) in [4.78, 5) is 10.9. The minimum atomic E-state index is -0.0123. The predicted octanol–water partition coefficient (Wildman–Crippen LogP) is 2.41. The third-order valence-electron chi connectivity index (χ3n) is 1.87. The highest BCUT2D eigenvalue weighted by Crippen LogP contribution is 2.31. The molecular formula is C11H12Br2O4. The number of aliphatic hydroxyl groups is 1. The Hall–Kier alpha value is -0.430. The van der Waals surface area contributed by atoms with Gasteiger partial charge in [-0.2, -0.15) is 0 Å². The summed E-state index contributed by atoms with van der Waals surface area (Å²) in [5, 5.41) is 8.51. The molecule has 0 heterocycles. The van der Waals surface area contributed by atoms with E-state index in [2.05, 4.69) is 31.9 Å².